The lowest BCUT2D eigenvalue weighted by molar-refractivity contribution is -0.154. The number of aromatic nitrogens is 1. The van der Waals surface area contributed by atoms with E-state index in [-0.39, 0.29) is 28.6 Å². The predicted molar refractivity (Wildman–Crippen MR) is 107 cm³/mol. The Labute approximate surface area is 189 Å². The van der Waals surface area contributed by atoms with Crippen LogP contribution in [0.2, 0.25) is 5.02 Å². The number of halogens is 7. The molecule has 1 unspecified atom stereocenters. The number of carbonyl (C=O) groups is 1. The van der Waals surface area contributed by atoms with Gasteiger partial charge in [-0.15, -0.1) is 0 Å². The number of nitrogens with zero attached hydrogens (tertiary/aromatic N) is 1. The van der Waals surface area contributed by atoms with E-state index in [0.29, 0.717) is 0 Å². The number of benzene rings is 1. The summed E-state index contributed by atoms with van der Waals surface area (Å²) < 4.78 is 83.6. The minimum atomic E-state index is -5.17. The van der Waals surface area contributed by atoms with E-state index >= 15 is 0 Å². The fourth-order valence-corrected chi connectivity index (χ4v) is 3.31. The zero-order valence-electron chi connectivity index (χ0n) is 17.1. The van der Waals surface area contributed by atoms with Crippen LogP contribution in [0.15, 0.2) is 30.3 Å². The van der Waals surface area contributed by atoms with E-state index in [1.807, 2.05) is 0 Å². The van der Waals surface area contributed by atoms with Crippen LogP contribution in [0, 0.1) is 5.92 Å². The predicted octanol–water partition coefficient (Wildman–Crippen LogP) is 5.25. The maximum absolute atomic E-state index is 13.7. The number of pyridine rings is 1. The van der Waals surface area contributed by atoms with Gasteiger partial charge in [-0.1, -0.05) is 23.7 Å². The first kappa shape index (κ1) is 25.1. The van der Waals surface area contributed by atoms with Crippen LogP contribution in [0.25, 0.3) is 11.1 Å². The summed E-state index contributed by atoms with van der Waals surface area (Å²) in [6, 6.07) is 6.19. The van der Waals surface area contributed by atoms with Crippen LogP contribution in [-0.4, -0.2) is 40.9 Å². The summed E-state index contributed by atoms with van der Waals surface area (Å²) in [5.74, 6) is -2.21. The highest BCUT2D eigenvalue weighted by Crippen LogP contribution is 2.40. The third-order valence-electron chi connectivity index (χ3n) is 5.09. The van der Waals surface area contributed by atoms with Crippen molar-refractivity contribution in [1.29, 1.82) is 0 Å². The van der Waals surface area contributed by atoms with Crippen molar-refractivity contribution >= 4 is 17.5 Å². The van der Waals surface area contributed by atoms with Crippen LogP contribution in [-0.2, 0) is 6.18 Å². The van der Waals surface area contributed by atoms with Crippen molar-refractivity contribution in [2.24, 2.45) is 5.92 Å². The molecule has 1 heterocycles. The second-order valence-corrected chi connectivity index (χ2v) is 8.40. The number of alkyl halides is 6. The van der Waals surface area contributed by atoms with E-state index < -0.39 is 47.6 Å². The monoisotopic (exact) mass is 496 g/mol. The minimum absolute atomic E-state index is 0.0826. The molecule has 33 heavy (non-hydrogen) atoms. The molecule has 1 aliphatic rings. The molecule has 1 aliphatic carbocycles. The molecule has 1 amide bonds. The molecule has 2 aromatic rings. The fourth-order valence-electron chi connectivity index (χ4n) is 3.19. The largest absolute Gasteiger partial charge is 0.468 e. The molecule has 0 spiro atoms. The SMILES string of the molecule is CC(O)(CNC(=O)c1cc(-c2ccc(Cl)cc2)c(OCC(F)(F)F)nc1C(F)(F)F)C1CC1. The van der Waals surface area contributed by atoms with E-state index in [1.54, 1.807) is 0 Å². The molecule has 0 saturated heterocycles. The number of carbonyl (C=O) groups excluding carboxylic acids is 1. The second kappa shape index (κ2) is 9.02. The van der Waals surface area contributed by atoms with Crippen LogP contribution in [0.5, 0.6) is 5.88 Å². The lowest BCUT2D eigenvalue weighted by Gasteiger charge is -2.24. The van der Waals surface area contributed by atoms with Crippen molar-refractivity contribution in [3.63, 3.8) is 0 Å². The van der Waals surface area contributed by atoms with Crippen molar-refractivity contribution < 1.29 is 41.0 Å². The Morgan fingerprint density at radius 1 is 1.18 bits per heavy atom. The van der Waals surface area contributed by atoms with Crippen LogP contribution in [0.1, 0.15) is 35.8 Å². The van der Waals surface area contributed by atoms with E-state index in [2.05, 4.69) is 15.0 Å². The Bertz CT molecular complexity index is 1020. The Hall–Kier alpha value is -2.53. The van der Waals surface area contributed by atoms with Gasteiger partial charge >= 0.3 is 12.4 Å². The Balaban J connectivity index is 2.05. The molecule has 3 rings (SSSR count). The van der Waals surface area contributed by atoms with E-state index in [1.165, 1.54) is 31.2 Å². The quantitative estimate of drug-likeness (QED) is 0.513. The lowest BCUT2D eigenvalue weighted by atomic mass is 9.99. The highest BCUT2D eigenvalue weighted by atomic mass is 35.5. The average Bonchev–Trinajstić information content (AvgIpc) is 3.55. The molecule has 12 heteroatoms. The third-order valence-corrected chi connectivity index (χ3v) is 5.34. The highest BCUT2D eigenvalue weighted by molar-refractivity contribution is 6.30. The lowest BCUT2D eigenvalue weighted by Crippen LogP contribution is -2.42. The van der Waals surface area contributed by atoms with Gasteiger partial charge in [0.25, 0.3) is 5.91 Å². The molecule has 1 aromatic carbocycles. The van der Waals surface area contributed by atoms with Crippen LogP contribution < -0.4 is 10.1 Å². The van der Waals surface area contributed by atoms with Gasteiger partial charge in [0.1, 0.15) is 0 Å². The smallest absolute Gasteiger partial charge is 0.434 e. The van der Waals surface area contributed by atoms with Crippen molar-refractivity contribution in [2.45, 2.75) is 37.7 Å². The number of aliphatic hydroxyl groups is 1. The molecule has 1 saturated carbocycles. The van der Waals surface area contributed by atoms with E-state index in [0.717, 1.165) is 18.9 Å². The molecule has 0 aliphatic heterocycles. The van der Waals surface area contributed by atoms with Gasteiger partial charge in [0.2, 0.25) is 5.88 Å². The third kappa shape index (κ3) is 6.50. The van der Waals surface area contributed by atoms with E-state index in [9.17, 15) is 36.2 Å². The summed E-state index contributed by atoms with van der Waals surface area (Å²) in [4.78, 5) is 15.9. The van der Waals surface area contributed by atoms with Gasteiger partial charge in [-0.05, 0) is 49.4 Å². The van der Waals surface area contributed by atoms with Gasteiger partial charge in [-0.25, -0.2) is 4.98 Å². The standard InChI is InChI=1S/C21H19ClF6N2O3/c1-19(32,12-4-5-12)9-29-17(31)15-8-14(11-2-6-13(22)7-3-11)18(33-10-20(23,24)25)30-16(15)21(26,27)28/h2-3,6-8,12,32H,4-5,9-10H2,1H3,(H,29,31). The molecule has 1 atom stereocenters. The van der Waals surface area contributed by atoms with Gasteiger partial charge in [-0.3, -0.25) is 4.79 Å². The van der Waals surface area contributed by atoms with Crippen LogP contribution in [0.4, 0.5) is 26.3 Å². The van der Waals surface area contributed by atoms with Gasteiger partial charge in [0.15, 0.2) is 12.3 Å². The number of nitrogens with one attached hydrogen (secondary N) is 1. The average molecular weight is 497 g/mol. The molecule has 180 valence electrons. The normalized spacial score (nSPS) is 16.3. The molecule has 1 aromatic heterocycles. The molecular formula is C21H19ClF6N2O3. The van der Waals surface area contributed by atoms with Gasteiger partial charge in [-0.2, -0.15) is 26.3 Å². The number of ether oxygens (including phenoxy) is 1. The number of rotatable bonds is 7. The van der Waals surface area contributed by atoms with Gasteiger partial charge in [0.05, 0.1) is 11.2 Å². The second-order valence-electron chi connectivity index (χ2n) is 7.96. The number of hydrogen-bond acceptors (Lipinski definition) is 4. The van der Waals surface area contributed by atoms with Crippen molar-refractivity contribution in [3.8, 4) is 17.0 Å². The Morgan fingerprint density at radius 3 is 2.30 bits per heavy atom. The Morgan fingerprint density at radius 2 is 1.79 bits per heavy atom. The summed E-state index contributed by atoms with van der Waals surface area (Å²) in [7, 11) is 0. The molecular weight excluding hydrogens is 478 g/mol. The molecule has 0 bridgehead atoms. The summed E-state index contributed by atoms with van der Waals surface area (Å²) in [5, 5.41) is 12.9. The Kier molecular flexibility index (Phi) is 6.86. The number of amides is 1. The molecule has 2 N–H and O–H groups in total. The van der Waals surface area contributed by atoms with Gasteiger partial charge in [0, 0.05) is 17.1 Å². The zero-order chi connectivity index (χ0) is 24.6. The summed E-state index contributed by atoms with van der Waals surface area (Å²) in [6.07, 6.45) is -8.54. The number of hydrogen-bond donors (Lipinski definition) is 2. The zero-order valence-corrected chi connectivity index (χ0v) is 17.9. The summed E-state index contributed by atoms with van der Waals surface area (Å²) in [5.41, 5.74) is -4.06. The van der Waals surface area contributed by atoms with E-state index in [4.69, 9.17) is 11.6 Å². The molecule has 1 fully saturated rings. The molecule has 0 radical (unpaired) electrons. The first-order valence-electron chi connectivity index (χ1n) is 9.76. The van der Waals surface area contributed by atoms with Crippen molar-refractivity contribution in [1.82, 2.24) is 10.3 Å². The first-order valence-corrected chi connectivity index (χ1v) is 10.1. The van der Waals surface area contributed by atoms with Crippen molar-refractivity contribution in [3.05, 3.63) is 46.6 Å². The van der Waals surface area contributed by atoms with Gasteiger partial charge < -0.3 is 15.2 Å². The summed E-state index contributed by atoms with van der Waals surface area (Å²) in [6.45, 7) is -0.731. The van der Waals surface area contributed by atoms with Crippen LogP contribution in [0.3, 0.4) is 0 Å². The van der Waals surface area contributed by atoms with Crippen molar-refractivity contribution in [2.75, 3.05) is 13.2 Å². The maximum Gasteiger partial charge on any atom is 0.434 e. The molecule has 5 nitrogen and oxygen atoms in total. The minimum Gasteiger partial charge on any atom is -0.468 e. The summed E-state index contributed by atoms with van der Waals surface area (Å²) >= 11 is 5.81. The highest BCUT2D eigenvalue weighted by Gasteiger charge is 2.42. The fraction of sp³-hybridized carbons (Fsp3) is 0.429. The maximum atomic E-state index is 13.7. The topological polar surface area (TPSA) is 71.5 Å². The van der Waals surface area contributed by atoms with Crippen LogP contribution >= 0.6 is 11.6 Å². The first-order chi connectivity index (χ1) is 15.2.